The Bertz CT molecular complexity index is 1260. The molecule has 4 atom stereocenters. The zero-order chi connectivity index (χ0) is 23.4. The second kappa shape index (κ2) is 8.05. The molecule has 2 saturated heterocycles. The van der Waals surface area contributed by atoms with Crippen molar-refractivity contribution in [1.29, 1.82) is 0 Å². The Balaban J connectivity index is 1.33. The van der Waals surface area contributed by atoms with Gasteiger partial charge in [0.15, 0.2) is 29.0 Å². The van der Waals surface area contributed by atoms with Crippen molar-refractivity contribution in [2.24, 2.45) is 0 Å². The van der Waals surface area contributed by atoms with Crippen LogP contribution in [-0.4, -0.2) is 54.8 Å². The highest BCUT2D eigenvalue weighted by Gasteiger charge is 2.56. The molecule has 3 aromatic rings. The van der Waals surface area contributed by atoms with E-state index in [9.17, 15) is 0 Å². The zero-order valence-corrected chi connectivity index (χ0v) is 19.7. The number of nitrogens with one attached hydrogen (secondary N) is 1. The van der Waals surface area contributed by atoms with Gasteiger partial charge in [0.25, 0.3) is 0 Å². The lowest BCUT2D eigenvalue weighted by Crippen LogP contribution is -2.28. The van der Waals surface area contributed by atoms with Crippen LogP contribution in [0.15, 0.2) is 17.2 Å². The predicted octanol–water partition coefficient (Wildman–Crippen LogP) is 3.25. The zero-order valence-electron chi connectivity index (χ0n) is 19.7. The molecule has 1 aliphatic carbocycles. The number of fused-ring (bicyclic) bond motifs is 2. The van der Waals surface area contributed by atoms with Crippen molar-refractivity contribution in [3.8, 4) is 11.8 Å². The quantitative estimate of drug-likeness (QED) is 0.584. The fourth-order valence-electron chi connectivity index (χ4n) is 5.13. The molecule has 0 amide bonds. The molecule has 178 valence electrons. The normalized spacial score (nSPS) is 28.2. The summed E-state index contributed by atoms with van der Waals surface area (Å²) >= 11 is 0. The van der Waals surface area contributed by atoms with Crippen LogP contribution in [-0.2, 0) is 14.2 Å². The van der Waals surface area contributed by atoms with Crippen LogP contribution in [0.4, 0.5) is 5.82 Å². The average Bonchev–Trinajstić information content (AvgIpc) is 3.60. The van der Waals surface area contributed by atoms with Crippen LogP contribution in [0.2, 0.25) is 0 Å². The standard InChI is InChI=1S/C24H28N6O4/c1-13-16(14(2)34-29-13)9-10-17-19-20(33-24(3,4)32-19)23(31-17)30-12-27-18-21(25-11-26-22(18)30)28-15-7-5-6-8-15/h11-12,15,17,19-20,23H,5-8H2,1-4H3,(H,25,26,28). The number of nitrogens with zero attached hydrogens (tertiary/aromatic N) is 5. The molecule has 0 aromatic carbocycles. The molecule has 0 spiro atoms. The summed E-state index contributed by atoms with van der Waals surface area (Å²) < 4.78 is 26.0. The molecule has 6 rings (SSSR count). The Morgan fingerprint density at radius 1 is 1.09 bits per heavy atom. The van der Waals surface area contributed by atoms with E-state index in [4.69, 9.17) is 18.7 Å². The van der Waals surface area contributed by atoms with E-state index in [0.29, 0.717) is 17.4 Å². The smallest absolute Gasteiger partial charge is 0.167 e. The SMILES string of the molecule is Cc1noc(C)c1C#CC1OC(n2cnc3c(NC4CCCC4)ncnc32)C2OC(C)(C)OC12. The molecule has 3 fully saturated rings. The Kier molecular flexibility index (Phi) is 5.09. The number of aromatic nitrogens is 5. The first kappa shape index (κ1) is 21.5. The monoisotopic (exact) mass is 464 g/mol. The minimum Gasteiger partial charge on any atom is -0.365 e. The summed E-state index contributed by atoms with van der Waals surface area (Å²) in [6.45, 7) is 7.52. The van der Waals surface area contributed by atoms with Gasteiger partial charge in [-0.2, -0.15) is 0 Å². The van der Waals surface area contributed by atoms with E-state index in [1.807, 2.05) is 32.3 Å². The van der Waals surface area contributed by atoms with Gasteiger partial charge < -0.3 is 24.1 Å². The van der Waals surface area contributed by atoms with Crippen molar-refractivity contribution in [1.82, 2.24) is 24.7 Å². The van der Waals surface area contributed by atoms with E-state index in [0.717, 1.165) is 35.4 Å². The summed E-state index contributed by atoms with van der Waals surface area (Å²) in [6.07, 6.45) is 6.36. The third kappa shape index (κ3) is 3.64. The molecule has 5 heterocycles. The maximum Gasteiger partial charge on any atom is 0.167 e. The van der Waals surface area contributed by atoms with Crippen LogP contribution >= 0.6 is 0 Å². The van der Waals surface area contributed by atoms with Crippen molar-refractivity contribution in [2.75, 3.05) is 5.32 Å². The van der Waals surface area contributed by atoms with Crippen molar-refractivity contribution in [3.05, 3.63) is 29.7 Å². The molecule has 2 aliphatic heterocycles. The number of hydrogen-bond donors (Lipinski definition) is 1. The maximum atomic E-state index is 6.39. The predicted molar refractivity (Wildman–Crippen MR) is 122 cm³/mol. The molecular formula is C24H28N6O4. The topological polar surface area (TPSA) is 109 Å². The molecule has 1 saturated carbocycles. The largest absolute Gasteiger partial charge is 0.365 e. The van der Waals surface area contributed by atoms with Crippen molar-refractivity contribution < 1.29 is 18.7 Å². The van der Waals surface area contributed by atoms with Gasteiger partial charge in [0, 0.05) is 6.04 Å². The van der Waals surface area contributed by atoms with Crippen molar-refractivity contribution in [2.45, 2.75) is 89.7 Å². The maximum absolute atomic E-state index is 6.39. The molecule has 4 unspecified atom stereocenters. The summed E-state index contributed by atoms with van der Waals surface area (Å²) in [7, 11) is 0. The van der Waals surface area contributed by atoms with Crippen LogP contribution < -0.4 is 5.32 Å². The van der Waals surface area contributed by atoms with E-state index in [1.165, 1.54) is 12.8 Å². The molecular weight excluding hydrogens is 436 g/mol. The Morgan fingerprint density at radius 3 is 2.65 bits per heavy atom. The van der Waals surface area contributed by atoms with E-state index in [-0.39, 0.29) is 12.2 Å². The van der Waals surface area contributed by atoms with Crippen LogP contribution in [0.3, 0.4) is 0 Å². The van der Waals surface area contributed by atoms with Gasteiger partial charge in [0.1, 0.15) is 30.4 Å². The van der Waals surface area contributed by atoms with Crippen molar-refractivity contribution in [3.63, 3.8) is 0 Å². The fourth-order valence-corrected chi connectivity index (χ4v) is 5.13. The van der Waals surface area contributed by atoms with E-state index >= 15 is 0 Å². The minimum absolute atomic E-state index is 0.358. The second-order valence-corrected chi connectivity index (χ2v) is 9.65. The Hall–Kier alpha value is -3.00. The highest BCUT2D eigenvalue weighted by Crippen LogP contribution is 2.43. The second-order valence-electron chi connectivity index (χ2n) is 9.65. The molecule has 10 nitrogen and oxygen atoms in total. The van der Waals surface area contributed by atoms with Crippen LogP contribution in [0.1, 0.15) is 62.8 Å². The lowest BCUT2D eigenvalue weighted by atomic mass is 10.1. The lowest BCUT2D eigenvalue weighted by molar-refractivity contribution is -0.190. The van der Waals surface area contributed by atoms with E-state index in [1.54, 1.807) is 12.7 Å². The Morgan fingerprint density at radius 2 is 1.88 bits per heavy atom. The highest BCUT2D eigenvalue weighted by molar-refractivity contribution is 5.82. The molecule has 3 aromatic heterocycles. The number of imidazole rings is 1. The highest BCUT2D eigenvalue weighted by atomic mass is 16.8. The summed E-state index contributed by atoms with van der Waals surface area (Å²) in [6, 6.07) is 0.423. The first-order chi connectivity index (χ1) is 16.4. The van der Waals surface area contributed by atoms with Gasteiger partial charge in [-0.1, -0.05) is 29.8 Å². The van der Waals surface area contributed by atoms with Gasteiger partial charge in [-0.15, -0.1) is 0 Å². The van der Waals surface area contributed by atoms with Gasteiger partial charge in [-0.25, -0.2) is 15.0 Å². The lowest BCUT2D eigenvalue weighted by Gasteiger charge is -2.23. The van der Waals surface area contributed by atoms with Gasteiger partial charge in [-0.3, -0.25) is 4.57 Å². The number of rotatable bonds is 3. The molecule has 34 heavy (non-hydrogen) atoms. The van der Waals surface area contributed by atoms with Gasteiger partial charge in [-0.05, 0) is 40.5 Å². The van der Waals surface area contributed by atoms with Gasteiger partial charge in [0.2, 0.25) is 0 Å². The van der Waals surface area contributed by atoms with Crippen molar-refractivity contribution >= 4 is 17.0 Å². The number of hydrogen-bond acceptors (Lipinski definition) is 9. The summed E-state index contributed by atoms with van der Waals surface area (Å²) in [4.78, 5) is 13.6. The molecule has 10 heteroatoms. The average molecular weight is 465 g/mol. The summed E-state index contributed by atoms with van der Waals surface area (Å²) in [5.41, 5.74) is 2.93. The third-order valence-electron chi connectivity index (χ3n) is 6.73. The third-order valence-corrected chi connectivity index (χ3v) is 6.73. The number of ether oxygens (including phenoxy) is 3. The molecule has 3 aliphatic rings. The molecule has 1 N–H and O–H groups in total. The minimum atomic E-state index is -0.749. The Labute approximate surface area is 197 Å². The summed E-state index contributed by atoms with van der Waals surface area (Å²) in [5, 5.41) is 7.52. The number of anilines is 1. The first-order valence-electron chi connectivity index (χ1n) is 11.8. The van der Waals surface area contributed by atoms with Crippen LogP contribution in [0.5, 0.6) is 0 Å². The van der Waals surface area contributed by atoms with E-state index in [2.05, 4.69) is 37.3 Å². The van der Waals surface area contributed by atoms with Gasteiger partial charge in [0.05, 0.1) is 17.6 Å². The van der Waals surface area contributed by atoms with Crippen LogP contribution in [0, 0.1) is 25.7 Å². The van der Waals surface area contributed by atoms with Gasteiger partial charge >= 0.3 is 0 Å². The molecule has 0 bridgehead atoms. The van der Waals surface area contributed by atoms with E-state index < -0.39 is 18.1 Å². The first-order valence-corrected chi connectivity index (χ1v) is 11.8. The summed E-state index contributed by atoms with van der Waals surface area (Å²) in [5.74, 6) is 7.07. The fraction of sp³-hybridized carbons (Fsp3) is 0.583. The van der Waals surface area contributed by atoms with Crippen LogP contribution in [0.25, 0.3) is 11.2 Å². The molecule has 0 radical (unpaired) electrons. The number of aryl methyl sites for hydroxylation is 2.